The van der Waals surface area contributed by atoms with E-state index in [9.17, 15) is 19.2 Å². The van der Waals surface area contributed by atoms with Gasteiger partial charge in [0.25, 0.3) is 17.7 Å². The second-order valence-electron chi connectivity index (χ2n) is 7.00. The van der Waals surface area contributed by atoms with Crippen molar-refractivity contribution in [2.45, 2.75) is 26.8 Å². The zero-order valence-electron chi connectivity index (χ0n) is 17.5. The summed E-state index contributed by atoms with van der Waals surface area (Å²) in [5.74, 6) is -1.83. The van der Waals surface area contributed by atoms with Crippen LogP contribution in [0.15, 0.2) is 30.6 Å². The van der Waals surface area contributed by atoms with Crippen LogP contribution in [0.4, 0.5) is 5.82 Å². The number of carbonyl (C=O) groups excluding carboxylic acids is 4. The molecular formula is C21H19N5O5S. The van der Waals surface area contributed by atoms with Gasteiger partial charge in [-0.05, 0) is 38.5 Å². The topological polar surface area (TPSA) is 131 Å². The molecule has 1 aliphatic rings. The van der Waals surface area contributed by atoms with Gasteiger partial charge in [-0.25, -0.2) is 14.8 Å². The fraction of sp³-hybridized carbons (Fsp3) is 0.238. The highest BCUT2D eigenvalue weighted by Gasteiger charge is 2.40. The number of imide groups is 1. The van der Waals surface area contributed by atoms with Crippen LogP contribution in [0.2, 0.25) is 0 Å². The first-order valence-corrected chi connectivity index (χ1v) is 10.6. The summed E-state index contributed by atoms with van der Waals surface area (Å²) in [6.45, 7) is 5.17. The lowest BCUT2D eigenvalue weighted by Gasteiger charge is -2.22. The maximum atomic E-state index is 12.7. The van der Waals surface area contributed by atoms with Crippen molar-refractivity contribution in [3.63, 3.8) is 0 Å². The quantitative estimate of drug-likeness (QED) is 0.330. The number of benzene rings is 1. The average molecular weight is 453 g/mol. The number of hydrazine groups is 1. The minimum absolute atomic E-state index is 0.245. The van der Waals surface area contributed by atoms with Gasteiger partial charge in [0.05, 0.1) is 23.1 Å². The van der Waals surface area contributed by atoms with E-state index in [-0.39, 0.29) is 23.6 Å². The fourth-order valence-electron chi connectivity index (χ4n) is 3.46. The number of aromatic nitrogens is 2. The Hall–Kier alpha value is -3.86. The normalized spacial score (nSPS) is 13.8. The van der Waals surface area contributed by atoms with Gasteiger partial charge >= 0.3 is 5.97 Å². The standard InChI is InChI=1S/C21H19N5O5S/c1-4-31-21(30)15-10(2)14-16(22-9-23-18(14)32-15)24-25-17(27)11(3)26-19(28)12-7-5-6-8-13(12)20(26)29/h5-9,11H,4H2,1-3H3,(H,25,27)(H,22,23,24). The molecule has 3 amide bonds. The minimum Gasteiger partial charge on any atom is -0.462 e. The number of hydrogen-bond donors (Lipinski definition) is 2. The lowest BCUT2D eigenvalue weighted by Crippen LogP contribution is -2.49. The predicted molar refractivity (Wildman–Crippen MR) is 116 cm³/mol. The van der Waals surface area contributed by atoms with Crippen LogP contribution in [0.1, 0.15) is 49.8 Å². The minimum atomic E-state index is -1.06. The molecule has 0 fully saturated rings. The number of thiophene rings is 1. The molecule has 3 aromatic rings. The van der Waals surface area contributed by atoms with Crippen molar-refractivity contribution in [2.24, 2.45) is 0 Å². The van der Waals surface area contributed by atoms with Crippen LogP contribution in [0.25, 0.3) is 10.2 Å². The molecule has 11 heteroatoms. The lowest BCUT2D eigenvalue weighted by molar-refractivity contribution is -0.124. The van der Waals surface area contributed by atoms with Gasteiger partial charge < -0.3 is 4.74 Å². The van der Waals surface area contributed by atoms with Gasteiger partial charge in [-0.1, -0.05) is 12.1 Å². The van der Waals surface area contributed by atoms with E-state index in [2.05, 4.69) is 20.8 Å². The molecule has 0 bridgehead atoms. The van der Waals surface area contributed by atoms with Crippen LogP contribution in [-0.2, 0) is 9.53 Å². The highest BCUT2D eigenvalue weighted by atomic mass is 32.1. The average Bonchev–Trinajstić information content (AvgIpc) is 3.26. The van der Waals surface area contributed by atoms with Crippen molar-refractivity contribution in [3.05, 3.63) is 52.2 Å². The van der Waals surface area contributed by atoms with Gasteiger partial charge in [-0.15, -0.1) is 11.3 Å². The summed E-state index contributed by atoms with van der Waals surface area (Å²) in [6, 6.07) is 5.36. The lowest BCUT2D eigenvalue weighted by atomic mass is 10.1. The Morgan fingerprint density at radius 3 is 2.44 bits per heavy atom. The second-order valence-corrected chi connectivity index (χ2v) is 7.99. The molecule has 1 unspecified atom stereocenters. The third-order valence-electron chi connectivity index (χ3n) is 5.08. The molecule has 1 aromatic carbocycles. The van der Waals surface area contributed by atoms with Crippen molar-refractivity contribution >= 4 is 51.1 Å². The van der Waals surface area contributed by atoms with Gasteiger partial charge in [-0.3, -0.25) is 30.1 Å². The van der Waals surface area contributed by atoms with Crippen molar-refractivity contribution < 1.29 is 23.9 Å². The molecule has 2 aromatic heterocycles. The Morgan fingerprint density at radius 2 is 1.81 bits per heavy atom. The molecule has 10 nitrogen and oxygen atoms in total. The molecule has 0 spiro atoms. The van der Waals surface area contributed by atoms with Crippen molar-refractivity contribution in [3.8, 4) is 0 Å². The summed E-state index contributed by atoms with van der Waals surface area (Å²) in [7, 11) is 0. The van der Waals surface area contributed by atoms with Crippen LogP contribution in [0.5, 0.6) is 0 Å². The Balaban J connectivity index is 1.53. The van der Waals surface area contributed by atoms with Crippen molar-refractivity contribution in [1.29, 1.82) is 0 Å². The summed E-state index contributed by atoms with van der Waals surface area (Å²) in [5.41, 5.74) is 6.36. The molecule has 0 saturated heterocycles. The van der Waals surface area contributed by atoms with E-state index in [0.717, 1.165) is 16.2 Å². The highest BCUT2D eigenvalue weighted by molar-refractivity contribution is 7.20. The molecule has 3 heterocycles. The van der Waals surface area contributed by atoms with E-state index in [0.29, 0.717) is 20.7 Å². The Labute approximate surface area is 186 Å². The molecule has 0 saturated carbocycles. The SMILES string of the molecule is CCOC(=O)c1sc2ncnc(NNC(=O)C(C)N3C(=O)c4ccccc4C3=O)c2c1C. The zero-order valence-corrected chi connectivity index (χ0v) is 18.3. The number of aryl methyl sites for hydroxylation is 1. The Bertz CT molecular complexity index is 1240. The van der Waals surface area contributed by atoms with E-state index in [1.165, 1.54) is 13.3 Å². The first-order chi connectivity index (χ1) is 15.3. The molecule has 32 heavy (non-hydrogen) atoms. The number of amides is 3. The second kappa shape index (κ2) is 8.35. The monoisotopic (exact) mass is 453 g/mol. The van der Waals surface area contributed by atoms with E-state index >= 15 is 0 Å². The Kier molecular flexibility index (Phi) is 5.57. The number of nitrogens with zero attached hydrogens (tertiary/aromatic N) is 3. The maximum absolute atomic E-state index is 12.7. The molecule has 0 aliphatic carbocycles. The number of hydrogen-bond acceptors (Lipinski definition) is 9. The van der Waals surface area contributed by atoms with E-state index < -0.39 is 29.7 Å². The third kappa shape index (κ3) is 3.46. The highest BCUT2D eigenvalue weighted by Crippen LogP contribution is 2.33. The van der Waals surface area contributed by atoms with Gasteiger partial charge in [0.2, 0.25) is 0 Å². The fourth-order valence-corrected chi connectivity index (χ4v) is 4.50. The smallest absolute Gasteiger partial charge is 0.348 e. The summed E-state index contributed by atoms with van der Waals surface area (Å²) in [5, 5.41) is 0.564. The zero-order chi connectivity index (χ0) is 23.0. The van der Waals surface area contributed by atoms with Crippen LogP contribution in [0.3, 0.4) is 0 Å². The maximum Gasteiger partial charge on any atom is 0.348 e. The molecule has 4 rings (SSSR count). The van der Waals surface area contributed by atoms with E-state index in [1.807, 2.05) is 0 Å². The van der Waals surface area contributed by atoms with E-state index in [4.69, 9.17) is 4.74 Å². The molecule has 164 valence electrons. The van der Waals surface area contributed by atoms with Gasteiger partial charge in [0.15, 0.2) is 5.82 Å². The molecule has 2 N–H and O–H groups in total. The number of anilines is 1. The number of nitrogens with one attached hydrogen (secondary N) is 2. The van der Waals surface area contributed by atoms with Crippen LogP contribution >= 0.6 is 11.3 Å². The summed E-state index contributed by atoms with van der Waals surface area (Å²) < 4.78 is 5.08. The van der Waals surface area contributed by atoms with Crippen LogP contribution < -0.4 is 10.9 Å². The van der Waals surface area contributed by atoms with Crippen LogP contribution in [-0.4, -0.2) is 51.2 Å². The van der Waals surface area contributed by atoms with Crippen LogP contribution in [0, 0.1) is 6.92 Å². The largest absolute Gasteiger partial charge is 0.462 e. The van der Waals surface area contributed by atoms with Gasteiger partial charge in [-0.2, -0.15) is 0 Å². The number of rotatable bonds is 6. The molecule has 1 atom stereocenters. The van der Waals surface area contributed by atoms with Gasteiger partial charge in [0.1, 0.15) is 22.1 Å². The first-order valence-electron chi connectivity index (χ1n) is 9.79. The summed E-state index contributed by atoms with van der Waals surface area (Å²) in [4.78, 5) is 60.3. The Morgan fingerprint density at radius 1 is 1.16 bits per heavy atom. The molecule has 0 radical (unpaired) electrons. The summed E-state index contributed by atoms with van der Waals surface area (Å²) >= 11 is 1.16. The third-order valence-corrected chi connectivity index (χ3v) is 6.26. The number of fused-ring (bicyclic) bond motifs is 2. The predicted octanol–water partition coefficient (Wildman–Crippen LogP) is 2.30. The number of ether oxygens (including phenoxy) is 1. The van der Waals surface area contributed by atoms with Gasteiger partial charge in [0, 0.05) is 0 Å². The van der Waals surface area contributed by atoms with E-state index in [1.54, 1.807) is 38.1 Å². The molecular weight excluding hydrogens is 434 g/mol. The first kappa shape index (κ1) is 21.4. The number of esters is 1. The summed E-state index contributed by atoms with van der Waals surface area (Å²) in [6.07, 6.45) is 1.30. The van der Waals surface area contributed by atoms with Crippen molar-refractivity contribution in [1.82, 2.24) is 20.3 Å². The van der Waals surface area contributed by atoms with Crippen molar-refractivity contribution in [2.75, 3.05) is 12.0 Å². The number of carbonyl (C=O) groups is 4. The molecule has 1 aliphatic heterocycles.